The molecular formula is C16H25N5O2. The van der Waals surface area contributed by atoms with Crippen LogP contribution < -0.4 is 10.2 Å². The molecule has 1 atom stereocenters. The van der Waals surface area contributed by atoms with Crippen molar-refractivity contribution in [2.24, 2.45) is 5.92 Å². The first kappa shape index (κ1) is 16.1. The molecule has 1 aromatic heterocycles. The number of hydrogen-bond acceptors (Lipinski definition) is 6. The summed E-state index contributed by atoms with van der Waals surface area (Å²) in [7, 11) is 1.71. The van der Waals surface area contributed by atoms with Gasteiger partial charge in [0.15, 0.2) is 0 Å². The molecule has 7 heteroatoms. The van der Waals surface area contributed by atoms with Gasteiger partial charge in [-0.05, 0) is 18.9 Å². The van der Waals surface area contributed by atoms with Crippen molar-refractivity contribution in [3.8, 4) is 0 Å². The van der Waals surface area contributed by atoms with Gasteiger partial charge in [-0.2, -0.15) is 0 Å². The van der Waals surface area contributed by atoms with Crippen LogP contribution in [0.25, 0.3) is 0 Å². The smallest absolute Gasteiger partial charge is 0.225 e. The number of nitrogens with one attached hydrogen (secondary N) is 1. The van der Waals surface area contributed by atoms with E-state index in [-0.39, 0.29) is 11.8 Å². The van der Waals surface area contributed by atoms with E-state index in [0.717, 1.165) is 51.5 Å². The van der Waals surface area contributed by atoms with Crippen LogP contribution in [0.2, 0.25) is 0 Å². The van der Waals surface area contributed by atoms with Crippen LogP contribution in [0.3, 0.4) is 0 Å². The quantitative estimate of drug-likeness (QED) is 0.855. The number of anilines is 1. The Morgan fingerprint density at radius 3 is 2.83 bits per heavy atom. The molecule has 0 spiro atoms. The fourth-order valence-electron chi connectivity index (χ4n) is 3.47. The van der Waals surface area contributed by atoms with E-state index in [0.29, 0.717) is 12.6 Å². The number of ether oxygens (including phenoxy) is 1. The van der Waals surface area contributed by atoms with Crippen molar-refractivity contribution in [1.82, 2.24) is 20.2 Å². The van der Waals surface area contributed by atoms with Crippen molar-refractivity contribution < 1.29 is 9.53 Å². The van der Waals surface area contributed by atoms with Gasteiger partial charge in [0.25, 0.3) is 0 Å². The van der Waals surface area contributed by atoms with Crippen molar-refractivity contribution in [2.45, 2.75) is 18.9 Å². The average Bonchev–Trinajstić information content (AvgIpc) is 2.86. The van der Waals surface area contributed by atoms with E-state index in [1.165, 1.54) is 0 Å². The molecule has 1 N–H and O–H groups in total. The summed E-state index contributed by atoms with van der Waals surface area (Å²) in [5, 5.41) is 2.81. The van der Waals surface area contributed by atoms with E-state index < -0.39 is 0 Å². The van der Waals surface area contributed by atoms with Gasteiger partial charge in [-0.25, -0.2) is 9.97 Å². The summed E-state index contributed by atoms with van der Waals surface area (Å²) in [5.74, 6) is 0.936. The zero-order valence-electron chi connectivity index (χ0n) is 13.6. The summed E-state index contributed by atoms with van der Waals surface area (Å²) in [6, 6.07) is 2.42. The highest BCUT2D eigenvalue weighted by atomic mass is 16.5. The van der Waals surface area contributed by atoms with E-state index in [2.05, 4.69) is 25.1 Å². The maximum absolute atomic E-state index is 12.3. The lowest BCUT2D eigenvalue weighted by atomic mass is 10.0. The zero-order valence-corrected chi connectivity index (χ0v) is 13.6. The van der Waals surface area contributed by atoms with E-state index in [4.69, 9.17) is 4.74 Å². The Labute approximate surface area is 137 Å². The normalized spacial score (nSPS) is 24.2. The van der Waals surface area contributed by atoms with Crippen LogP contribution in [0.4, 0.5) is 5.82 Å². The van der Waals surface area contributed by atoms with Gasteiger partial charge in [0.05, 0.1) is 5.92 Å². The molecule has 0 bridgehead atoms. The summed E-state index contributed by atoms with van der Waals surface area (Å²) >= 11 is 0. The highest BCUT2D eigenvalue weighted by Crippen LogP contribution is 2.21. The highest BCUT2D eigenvalue weighted by Gasteiger charge is 2.31. The van der Waals surface area contributed by atoms with E-state index >= 15 is 0 Å². The molecule has 2 aliphatic heterocycles. The number of nitrogens with zero attached hydrogens (tertiary/aromatic N) is 4. The fraction of sp³-hybridized carbons (Fsp3) is 0.688. The molecule has 126 valence electrons. The largest absolute Gasteiger partial charge is 0.381 e. The van der Waals surface area contributed by atoms with Crippen LogP contribution in [0, 0.1) is 5.92 Å². The van der Waals surface area contributed by atoms with Crippen molar-refractivity contribution >= 4 is 11.7 Å². The molecule has 0 unspecified atom stereocenters. The Kier molecular flexibility index (Phi) is 5.40. The van der Waals surface area contributed by atoms with Gasteiger partial charge < -0.3 is 15.0 Å². The van der Waals surface area contributed by atoms with Crippen molar-refractivity contribution in [1.29, 1.82) is 0 Å². The van der Waals surface area contributed by atoms with Crippen molar-refractivity contribution in [3.63, 3.8) is 0 Å². The van der Waals surface area contributed by atoms with Gasteiger partial charge in [-0.15, -0.1) is 0 Å². The third-order valence-electron chi connectivity index (χ3n) is 4.77. The van der Waals surface area contributed by atoms with E-state index in [9.17, 15) is 4.79 Å². The Morgan fingerprint density at radius 1 is 1.30 bits per heavy atom. The first-order valence-electron chi connectivity index (χ1n) is 8.32. The molecule has 2 aliphatic rings. The molecule has 1 aromatic rings. The van der Waals surface area contributed by atoms with Gasteiger partial charge in [-0.1, -0.05) is 0 Å². The molecule has 0 aliphatic carbocycles. The lowest BCUT2D eigenvalue weighted by Gasteiger charge is -2.34. The lowest BCUT2D eigenvalue weighted by molar-refractivity contribution is -0.124. The first-order chi connectivity index (χ1) is 11.3. The Bertz CT molecular complexity index is 506. The Hall–Kier alpha value is -1.73. The summed E-state index contributed by atoms with van der Waals surface area (Å²) in [4.78, 5) is 25.3. The molecule has 0 radical (unpaired) electrons. The summed E-state index contributed by atoms with van der Waals surface area (Å²) in [6.07, 6.45) is 5.41. The highest BCUT2D eigenvalue weighted by molar-refractivity contribution is 5.79. The fourth-order valence-corrected chi connectivity index (χ4v) is 3.47. The maximum atomic E-state index is 12.3. The summed E-state index contributed by atoms with van der Waals surface area (Å²) in [5.41, 5.74) is 0. The summed E-state index contributed by atoms with van der Waals surface area (Å²) in [6.45, 7) is 4.95. The molecule has 2 saturated heterocycles. The second-order valence-electron chi connectivity index (χ2n) is 6.16. The topological polar surface area (TPSA) is 70.6 Å². The van der Waals surface area contributed by atoms with Gasteiger partial charge in [0, 0.05) is 58.7 Å². The van der Waals surface area contributed by atoms with Gasteiger partial charge in [-0.3, -0.25) is 9.69 Å². The van der Waals surface area contributed by atoms with Gasteiger partial charge >= 0.3 is 0 Å². The molecular weight excluding hydrogens is 294 g/mol. The number of carbonyl (C=O) groups excluding carboxylic acids is 1. The predicted octanol–water partition coefficient (Wildman–Crippen LogP) is 0.140. The van der Waals surface area contributed by atoms with Gasteiger partial charge in [0.1, 0.15) is 12.1 Å². The predicted molar refractivity (Wildman–Crippen MR) is 87.2 cm³/mol. The minimum Gasteiger partial charge on any atom is -0.381 e. The van der Waals surface area contributed by atoms with Crippen LogP contribution in [0.15, 0.2) is 18.6 Å². The summed E-state index contributed by atoms with van der Waals surface area (Å²) < 4.78 is 5.47. The van der Waals surface area contributed by atoms with Gasteiger partial charge in [0.2, 0.25) is 5.91 Å². The first-order valence-corrected chi connectivity index (χ1v) is 8.32. The molecule has 7 nitrogen and oxygen atoms in total. The monoisotopic (exact) mass is 319 g/mol. The second-order valence-corrected chi connectivity index (χ2v) is 6.16. The van der Waals surface area contributed by atoms with Crippen LogP contribution in [-0.4, -0.2) is 73.3 Å². The van der Waals surface area contributed by atoms with Crippen LogP contribution >= 0.6 is 0 Å². The maximum Gasteiger partial charge on any atom is 0.225 e. The molecule has 0 aromatic carbocycles. The molecule has 3 rings (SSSR count). The van der Waals surface area contributed by atoms with E-state index in [1.54, 1.807) is 19.6 Å². The third-order valence-corrected chi connectivity index (χ3v) is 4.77. The average molecular weight is 319 g/mol. The minimum absolute atomic E-state index is 0.0553. The van der Waals surface area contributed by atoms with E-state index in [1.807, 2.05) is 6.07 Å². The second kappa shape index (κ2) is 7.70. The SMILES string of the molecule is CNC(=O)[C@H]1CN(c2ccncn2)CCN(C2CCOCC2)C1. The van der Waals surface area contributed by atoms with Crippen LogP contribution in [0.1, 0.15) is 12.8 Å². The molecule has 3 heterocycles. The Balaban J connectivity index is 1.75. The number of hydrogen-bond donors (Lipinski definition) is 1. The number of aromatic nitrogens is 2. The molecule has 2 fully saturated rings. The van der Waals surface area contributed by atoms with Crippen molar-refractivity contribution in [3.05, 3.63) is 18.6 Å². The number of rotatable bonds is 3. The third kappa shape index (κ3) is 3.97. The number of carbonyl (C=O) groups is 1. The molecule has 1 amide bonds. The lowest BCUT2D eigenvalue weighted by Crippen LogP contribution is -2.45. The van der Waals surface area contributed by atoms with Crippen LogP contribution in [-0.2, 0) is 9.53 Å². The Morgan fingerprint density at radius 2 is 2.13 bits per heavy atom. The molecule has 0 saturated carbocycles. The number of amides is 1. The van der Waals surface area contributed by atoms with Crippen molar-refractivity contribution in [2.75, 3.05) is 51.3 Å². The minimum atomic E-state index is -0.0553. The molecule has 23 heavy (non-hydrogen) atoms. The zero-order chi connectivity index (χ0) is 16.1. The standard InChI is InChI=1S/C16H25N5O2/c1-17-16(22)13-10-20(14-3-8-23-9-4-14)6-7-21(11-13)15-2-5-18-12-19-15/h2,5,12-14H,3-4,6-11H2,1H3,(H,17,22)/t13-/m1/s1. The van der Waals surface area contributed by atoms with Crippen LogP contribution in [0.5, 0.6) is 0 Å².